The molecule has 0 aliphatic rings. The molecule has 0 spiro atoms. The van der Waals surface area contributed by atoms with Crippen LogP contribution in [0.2, 0.25) is 0 Å². The topological polar surface area (TPSA) is 104 Å². The molecule has 4 aromatic rings. The zero-order chi connectivity index (χ0) is 27.1. The van der Waals surface area contributed by atoms with Gasteiger partial charge in [-0.3, -0.25) is 0 Å². The van der Waals surface area contributed by atoms with Crippen LogP contribution in [0.1, 0.15) is 25.8 Å². The van der Waals surface area contributed by atoms with Crippen LogP contribution in [0.3, 0.4) is 0 Å². The van der Waals surface area contributed by atoms with Gasteiger partial charge in [-0.2, -0.15) is 0 Å². The standard InChI is InChI=1S/C28H27NO7S2/c1-17(2)15-21(29-27(31)34-16-18-9-5-4-6-10-18)26(30)35-22-13-7-11-19-20-12-8-14-23(25(20)36-24(19)22)37-38-28(32)33-3/h4-14,17,21H,15-16H2,1-3H3,(H,29,31). The van der Waals surface area contributed by atoms with Crippen LogP contribution in [0.4, 0.5) is 9.59 Å². The minimum atomic E-state index is -0.916. The van der Waals surface area contributed by atoms with Crippen molar-refractivity contribution in [3.8, 4) is 5.75 Å². The Bertz CT molecular complexity index is 1440. The first-order valence-electron chi connectivity index (χ1n) is 11.9. The Morgan fingerprint density at radius 1 is 0.921 bits per heavy atom. The van der Waals surface area contributed by atoms with Crippen LogP contribution in [-0.4, -0.2) is 30.5 Å². The van der Waals surface area contributed by atoms with Crippen molar-refractivity contribution in [2.45, 2.75) is 37.8 Å². The lowest BCUT2D eigenvalue weighted by atomic mass is 10.0. The Hall–Kier alpha value is -3.63. The fraction of sp³-hybridized carbons (Fsp3) is 0.250. The average molecular weight is 554 g/mol. The van der Waals surface area contributed by atoms with Crippen molar-refractivity contribution in [1.82, 2.24) is 5.32 Å². The summed E-state index contributed by atoms with van der Waals surface area (Å²) in [5.41, 5.74) is 1.79. The number of carbonyl (C=O) groups excluding carboxylic acids is 3. The normalized spacial score (nSPS) is 11.9. The van der Waals surface area contributed by atoms with Gasteiger partial charge in [0.15, 0.2) is 11.3 Å². The van der Waals surface area contributed by atoms with Crippen LogP contribution in [0.5, 0.6) is 5.75 Å². The molecule has 198 valence electrons. The number of hydrogen-bond donors (Lipinski definition) is 1. The number of amides is 1. The molecule has 1 heterocycles. The van der Waals surface area contributed by atoms with E-state index in [0.717, 1.165) is 32.0 Å². The van der Waals surface area contributed by atoms with E-state index in [1.54, 1.807) is 12.1 Å². The molecule has 1 atom stereocenters. The van der Waals surface area contributed by atoms with Crippen molar-refractivity contribution < 1.29 is 33.0 Å². The second kappa shape index (κ2) is 12.7. The zero-order valence-corrected chi connectivity index (χ0v) is 22.7. The maximum atomic E-state index is 13.2. The molecule has 1 N–H and O–H groups in total. The third-order valence-electron chi connectivity index (χ3n) is 5.53. The lowest BCUT2D eigenvalue weighted by Gasteiger charge is -2.19. The van der Waals surface area contributed by atoms with Crippen LogP contribution >= 0.6 is 21.6 Å². The summed E-state index contributed by atoms with van der Waals surface area (Å²) in [5.74, 6) is -0.288. The van der Waals surface area contributed by atoms with E-state index in [1.165, 1.54) is 17.9 Å². The van der Waals surface area contributed by atoms with Gasteiger partial charge in [0.25, 0.3) is 0 Å². The number of furan rings is 1. The van der Waals surface area contributed by atoms with E-state index < -0.39 is 23.4 Å². The number of carbonyl (C=O) groups is 3. The summed E-state index contributed by atoms with van der Waals surface area (Å²) in [5, 5.41) is 3.78. The number of esters is 1. The van der Waals surface area contributed by atoms with Crippen molar-refractivity contribution in [3.63, 3.8) is 0 Å². The highest BCUT2D eigenvalue weighted by Gasteiger charge is 2.26. The van der Waals surface area contributed by atoms with Crippen LogP contribution in [-0.2, 0) is 20.9 Å². The predicted octanol–water partition coefficient (Wildman–Crippen LogP) is 7.34. The number of alkyl carbamates (subject to hydrolysis) is 1. The summed E-state index contributed by atoms with van der Waals surface area (Å²) in [6.07, 6.45) is -0.343. The van der Waals surface area contributed by atoms with Crippen LogP contribution in [0, 0.1) is 5.92 Å². The maximum Gasteiger partial charge on any atom is 0.408 e. The highest BCUT2D eigenvalue weighted by Crippen LogP contribution is 2.42. The Labute approximate surface area is 227 Å². The summed E-state index contributed by atoms with van der Waals surface area (Å²) in [6.45, 7) is 3.98. The lowest BCUT2D eigenvalue weighted by molar-refractivity contribution is -0.137. The SMILES string of the molecule is COC(=O)SSc1cccc2c1oc1c(OC(=O)C(CC(C)C)NC(=O)OCc3ccccc3)cccc12. The molecule has 3 aromatic carbocycles. The number of para-hydroxylation sites is 2. The maximum absolute atomic E-state index is 13.2. The average Bonchev–Trinajstić information content (AvgIpc) is 3.31. The minimum absolute atomic E-state index is 0.0863. The van der Waals surface area contributed by atoms with E-state index in [1.807, 2.05) is 68.4 Å². The van der Waals surface area contributed by atoms with E-state index in [2.05, 4.69) is 5.32 Å². The molecule has 1 amide bonds. The van der Waals surface area contributed by atoms with E-state index in [4.69, 9.17) is 18.6 Å². The van der Waals surface area contributed by atoms with Gasteiger partial charge in [-0.1, -0.05) is 68.4 Å². The smallest absolute Gasteiger partial charge is 0.408 e. The second-order valence-electron chi connectivity index (χ2n) is 8.80. The number of hydrogen-bond acceptors (Lipinski definition) is 9. The van der Waals surface area contributed by atoms with Gasteiger partial charge in [0.2, 0.25) is 0 Å². The van der Waals surface area contributed by atoms with E-state index >= 15 is 0 Å². The number of nitrogens with one attached hydrogen (secondary N) is 1. The molecule has 0 aliphatic carbocycles. The molecule has 4 rings (SSSR count). The van der Waals surface area contributed by atoms with E-state index in [0.29, 0.717) is 17.6 Å². The van der Waals surface area contributed by atoms with Crippen molar-refractivity contribution in [3.05, 3.63) is 72.3 Å². The largest absolute Gasteiger partial charge is 0.460 e. The number of ether oxygens (including phenoxy) is 3. The quantitative estimate of drug-likeness (QED) is 0.129. The molecule has 0 saturated heterocycles. The first-order chi connectivity index (χ1) is 18.4. The number of rotatable bonds is 9. The summed E-state index contributed by atoms with van der Waals surface area (Å²) in [4.78, 5) is 38.0. The van der Waals surface area contributed by atoms with Gasteiger partial charge in [-0.05, 0) is 40.8 Å². The van der Waals surface area contributed by atoms with Gasteiger partial charge in [0.1, 0.15) is 18.2 Å². The molecule has 0 fully saturated rings. The molecule has 10 heteroatoms. The number of benzene rings is 3. The first kappa shape index (κ1) is 27.4. The fourth-order valence-electron chi connectivity index (χ4n) is 3.80. The molecule has 0 bridgehead atoms. The number of fused-ring (bicyclic) bond motifs is 3. The van der Waals surface area contributed by atoms with Gasteiger partial charge in [-0.25, -0.2) is 14.4 Å². The Morgan fingerprint density at radius 2 is 1.63 bits per heavy atom. The summed E-state index contributed by atoms with van der Waals surface area (Å²) >= 11 is 0. The molecule has 38 heavy (non-hydrogen) atoms. The molecular weight excluding hydrogens is 526 g/mol. The van der Waals surface area contributed by atoms with Crippen molar-refractivity contribution >= 4 is 60.9 Å². The molecular formula is C28H27NO7S2. The van der Waals surface area contributed by atoms with Gasteiger partial charge in [0.05, 0.1) is 12.0 Å². The number of methoxy groups -OCH3 is 1. The third-order valence-corrected chi connectivity index (χ3v) is 7.61. The van der Waals surface area contributed by atoms with E-state index in [9.17, 15) is 14.4 Å². The van der Waals surface area contributed by atoms with Crippen molar-refractivity contribution in [2.75, 3.05) is 7.11 Å². The predicted molar refractivity (Wildman–Crippen MR) is 148 cm³/mol. The molecule has 1 aromatic heterocycles. The molecule has 1 unspecified atom stereocenters. The third kappa shape index (κ3) is 6.81. The molecule has 0 aliphatic heterocycles. The molecule has 0 saturated carbocycles. The van der Waals surface area contributed by atoms with E-state index in [-0.39, 0.29) is 18.3 Å². The molecule has 8 nitrogen and oxygen atoms in total. The monoisotopic (exact) mass is 553 g/mol. The minimum Gasteiger partial charge on any atom is -0.460 e. The second-order valence-corrected chi connectivity index (χ2v) is 10.9. The Morgan fingerprint density at radius 3 is 2.34 bits per heavy atom. The summed E-state index contributed by atoms with van der Waals surface area (Å²) < 4.78 is 21.9. The van der Waals surface area contributed by atoms with Crippen molar-refractivity contribution in [1.29, 1.82) is 0 Å². The fourth-order valence-corrected chi connectivity index (χ4v) is 5.46. The van der Waals surface area contributed by atoms with Gasteiger partial charge < -0.3 is 23.9 Å². The molecule has 0 radical (unpaired) electrons. The highest BCUT2D eigenvalue weighted by atomic mass is 33.1. The highest BCUT2D eigenvalue weighted by molar-refractivity contribution is 8.82. The first-order valence-corrected chi connectivity index (χ1v) is 14.1. The van der Waals surface area contributed by atoms with Crippen LogP contribution < -0.4 is 10.1 Å². The Kier molecular flexibility index (Phi) is 9.19. The summed E-state index contributed by atoms with van der Waals surface area (Å²) in [6, 6.07) is 19.2. The van der Waals surface area contributed by atoms with Crippen LogP contribution in [0.25, 0.3) is 21.9 Å². The zero-order valence-electron chi connectivity index (χ0n) is 21.1. The lowest BCUT2D eigenvalue weighted by Crippen LogP contribution is -2.44. The van der Waals surface area contributed by atoms with Crippen LogP contribution in [0.15, 0.2) is 76.0 Å². The van der Waals surface area contributed by atoms with Gasteiger partial charge in [-0.15, -0.1) is 0 Å². The summed E-state index contributed by atoms with van der Waals surface area (Å²) in [7, 11) is 3.49. The van der Waals surface area contributed by atoms with Gasteiger partial charge in [0, 0.05) is 21.6 Å². The van der Waals surface area contributed by atoms with Gasteiger partial charge >= 0.3 is 17.4 Å². The van der Waals surface area contributed by atoms with Crippen molar-refractivity contribution in [2.24, 2.45) is 5.92 Å². The Balaban J connectivity index is 1.53.